The summed E-state index contributed by atoms with van der Waals surface area (Å²) in [6, 6.07) is 16.3. The summed E-state index contributed by atoms with van der Waals surface area (Å²) in [6.07, 6.45) is 0.991. The average molecular weight is 452 g/mol. The second-order valence-electron chi connectivity index (χ2n) is 7.98. The minimum atomic E-state index is 0.142. The van der Waals surface area contributed by atoms with Gasteiger partial charge in [0.25, 0.3) is 0 Å². The predicted octanol–water partition coefficient (Wildman–Crippen LogP) is 3.62. The number of ether oxygens (including phenoxy) is 1. The Morgan fingerprint density at radius 2 is 1.84 bits per heavy atom. The predicted molar refractivity (Wildman–Crippen MR) is 127 cm³/mol. The van der Waals surface area contributed by atoms with Crippen molar-refractivity contribution < 1.29 is 9.53 Å². The fourth-order valence-corrected chi connectivity index (χ4v) is 4.44. The third kappa shape index (κ3) is 5.89. The molecule has 0 unspecified atom stereocenters. The Labute approximate surface area is 193 Å². The Morgan fingerprint density at radius 1 is 1.06 bits per heavy atom. The topological polar surface area (TPSA) is 74.3 Å². The second-order valence-corrected chi connectivity index (χ2v) is 8.92. The van der Waals surface area contributed by atoms with Crippen molar-refractivity contribution in [3.8, 4) is 17.1 Å². The van der Waals surface area contributed by atoms with Gasteiger partial charge in [-0.25, -0.2) is 4.98 Å². The van der Waals surface area contributed by atoms with Crippen LogP contribution in [0.4, 0.5) is 0 Å². The summed E-state index contributed by atoms with van der Waals surface area (Å²) in [5.41, 5.74) is 3.53. The van der Waals surface area contributed by atoms with Crippen LogP contribution in [0, 0.1) is 6.92 Å². The summed E-state index contributed by atoms with van der Waals surface area (Å²) in [6.45, 7) is 6.51. The van der Waals surface area contributed by atoms with Gasteiger partial charge in [0.2, 0.25) is 11.1 Å². The van der Waals surface area contributed by atoms with Crippen molar-refractivity contribution in [1.29, 1.82) is 0 Å². The number of rotatable bonds is 7. The molecule has 0 atom stereocenters. The molecule has 1 aromatic heterocycles. The van der Waals surface area contributed by atoms with Gasteiger partial charge < -0.3 is 9.64 Å². The normalized spacial score (nSPS) is 14.9. The van der Waals surface area contributed by atoms with Gasteiger partial charge in [-0.3, -0.25) is 14.8 Å². The summed E-state index contributed by atoms with van der Waals surface area (Å²) >= 11 is 1.37. The SMILES string of the molecule is COc1ccc(-c2nc(SCC(=O)N3CCCN(Cc4ccc(C)cc4)CC3)n[nH]2)cc1. The molecule has 1 amide bonds. The summed E-state index contributed by atoms with van der Waals surface area (Å²) in [4.78, 5) is 21.7. The maximum atomic E-state index is 12.8. The van der Waals surface area contributed by atoms with Gasteiger partial charge in [0.1, 0.15) is 5.75 Å². The molecule has 0 spiro atoms. The van der Waals surface area contributed by atoms with Crippen molar-refractivity contribution in [1.82, 2.24) is 25.0 Å². The smallest absolute Gasteiger partial charge is 0.233 e. The highest BCUT2D eigenvalue weighted by Crippen LogP contribution is 2.22. The summed E-state index contributed by atoms with van der Waals surface area (Å²) in [7, 11) is 1.64. The van der Waals surface area contributed by atoms with Gasteiger partial charge in [-0.2, -0.15) is 0 Å². The van der Waals surface area contributed by atoms with Crippen molar-refractivity contribution >= 4 is 17.7 Å². The van der Waals surface area contributed by atoms with E-state index in [0.717, 1.165) is 50.5 Å². The van der Waals surface area contributed by atoms with E-state index in [4.69, 9.17) is 4.74 Å². The molecule has 0 radical (unpaired) electrons. The zero-order chi connectivity index (χ0) is 22.3. The largest absolute Gasteiger partial charge is 0.497 e. The van der Waals surface area contributed by atoms with Crippen molar-refractivity contribution in [3.05, 3.63) is 59.7 Å². The van der Waals surface area contributed by atoms with E-state index in [-0.39, 0.29) is 5.91 Å². The molecule has 2 aromatic carbocycles. The van der Waals surface area contributed by atoms with Gasteiger partial charge in [0.05, 0.1) is 12.9 Å². The van der Waals surface area contributed by atoms with E-state index in [1.165, 1.54) is 22.9 Å². The first-order valence-electron chi connectivity index (χ1n) is 10.9. The summed E-state index contributed by atoms with van der Waals surface area (Å²) in [5.74, 6) is 1.97. The molecule has 1 saturated heterocycles. The number of H-pyrrole nitrogens is 1. The van der Waals surface area contributed by atoms with Crippen LogP contribution in [0.15, 0.2) is 53.7 Å². The number of nitrogens with zero attached hydrogens (tertiary/aromatic N) is 4. The Morgan fingerprint density at radius 3 is 2.59 bits per heavy atom. The highest BCUT2D eigenvalue weighted by Gasteiger charge is 2.20. The second kappa shape index (κ2) is 10.7. The maximum Gasteiger partial charge on any atom is 0.233 e. The number of aromatic nitrogens is 3. The average Bonchev–Trinajstić information content (AvgIpc) is 3.17. The van der Waals surface area contributed by atoms with E-state index in [1.54, 1.807) is 7.11 Å². The van der Waals surface area contributed by atoms with Crippen LogP contribution in [0.5, 0.6) is 5.75 Å². The lowest BCUT2D eigenvalue weighted by Gasteiger charge is -2.22. The molecule has 2 heterocycles. The molecule has 7 nitrogen and oxygen atoms in total. The number of hydrogen-bond donors (Lipinski definition) is 1. The molecule has 1 fully saturated rings. The molecule has 0 aliphatic carbocycles. The van der Waals surface area contributed by atoms with Crippen molar-refractivity contribution in [2.75, 3.05) is 39.0 Å². The van der Waals surface area contributed by atoms with Crippen LogP contribution in [-0.2, 0) is 11.3 Å². The van der Waals surface area contributed by atoms with Crippen LogP contribution in [0.1, 0.15) is 17.5 Å². The minimum Gasteiger partial charge on any atom is -0.497 e. The molecule has 0 saturated carbocycles. The van der Waals surface area contributed by atoms with Crippen LogP contribution in [-0.4, -0.2) is 69.9 Å². The highest BCUT2D eigenvalue weighted by atomic mass is 32.2. The van der Waals surface area contributed by atoms with Crippen LogP contribution in [0.25, 0.3) is 11.4 Å². The molecule has 1 N–H and O–H groups in total. The lowest BCUT2D eigenvalue weighted by atomic mass is 10.1. The van der Waals surface area contributed by atoms with E-state index in [1.807, 2.05) is 29.2 Å². The van der Waals surface area contributed by atoms with Crippen molar-refractivity contribution in [3.63, 3.8) is 0 Å². The van der Waals surface area contributed by atoms with E-state index in [9.17, 15) is 4.79 Å². The third-order valence-electron chi connectivity index (χ3n) is 5.62. The molecule has 3 aromatic rings. The monoisotopic (exact) mass is 451 g/mol. The fraction of sp³-hybridized carbons (Fsp3) is 0.375. The van der Waals surface area contributed by atoms with Crippen LogP contribution in [0.2, 0.25) is 0 Å². The van der Waals surface area contributed by atoms with E-state index in [2.05, 4.69) is 51.3 Å². The van der Waals surface area contributed by atoms with Gasteiger partial charge in [-0.05, 0) is 43.2 Å². The van der Waals surface area contributed by atoms with Crippen molar-refractivity contribution in [2.45, 2.75) is 25.0 Å². The van der Waals surface area contributed by atoms with E-state index < -0.39 is 0 Å². The zero-order valence-electron chi connectivity index (χ0n) is 18.6. The van der Waals surface area contributed by atoms with Crippen LogP contribution < -0.4 is 4.74 Å². The summed E-state index contributed by atoms with van der Waals surface area (Å²) < 4.78 is 5.19. The number of methoxy groups -OCH3 is 1. The number of aromatic amines is 1. The molecular weight excluding hydrogens is 422 g/mol. The molecule has 4 rings (SSSR count). The number of carbonyl (C=O) groups excluding carboxylic acids is 1. The molecule has 1 aliphatic rings. The molecule has 168 valence electrons. The zero-order valence-corrected chi connectivity index (χ0v) is 19.4. The third-order valence-corrected chi connectivity index (χ3v) is 6.45. The number of thioether (sulfide) groups is 1. The maximum absolute atomic E-state index is 12.8. The number of amides is 1. The lowest BCUT2D eigenvalue weighted by Crippen LogP contribution is -2.36. The van der Waals surface area contributed by atoms with Gasteiger partial charge in [-0.1, -0.05) is 41.6 Å². The highest BCUT2D eigenvalue weighted by molar-refractivity contribution is 7.99. The molecule has 0 bridgehead atoms. The minimum absolute atomic E-state index is 0.142. The Balaban J connectivity index is 1.26. The molecule has 8 heteroatoms. The Hall–Kier alpha value is -2.84. The number of aryl methyl sites for hydroxylation is 1. The first kappa shape index (κ1) is 22.4. The molecular formula is C24H29N5O2S. The number of nitrogens with one attached hydrogen (secondary N) is 1. The quantitative estimate of drug-likeness (QED) is 0.553. The van der Waals surface area contributed by atoms with E-state index in [0.29, 0.717) is 16.7 Å². The van der Waals surface area contributed by atoms with Crippen molar-refractivity contribution in [2.24, 2.45) is 0 Å². The van der Waals surface area contributed by atoms with Gasteiger partial charge in [0.15, 0.2) is 5.82 Å². The molecule has 32 heavy (non-hydrogen) atoms. The Bertz CT molecular complexity index is 1020. The van der Waals surface area contributed by atoms with Gasteiger partial charge in [0, 0.05) is 38.3 Å². The van der Waals surface area contributed by atoms with Crippen LogP contribution in [0.3, 0.4) is 0 Å². The number of hydrogen-bond acceptors (Lipinski definition) is 6. The number of benzene rings is 2. The first-order valence-corrected chi connectivity index (χ1v) is 11.8. The fourth-order valence-electron chi connectivity index (χ4n) is 3.74. The summed E-state index contributed by atoms with van der Waals surface area (Å²) in [5, 5.41) is 7.79. The Kier molecular flexibility index (Phi) is 7.44. The lowest BCUT2D eigenvalue weighted by molar-refractivity contribution is -0.128. The first-order chi connectivity index (χ1) is 15.6. The standard InChI is InChI=1S/C24H29N5O2S/c1-18-4-6-19(7-5-18)16-28-12-3-13-29(15-14-28)22(30)17-32-24-25-23(26-27-24)20-8-10-21(31-2)11-9-20/h4-11H,3,12-17H2,1-2H3,(H,25,26,27). The van der Waals surface area contributed by atoms with Gasteiger partial charge >= 0.3 is 0 Å². The van der Waals surface area contributed by atoms with Gasteiger partial charge in [-0.15, -0.1) is 5.10 Å². The van der Waals surface area contributed by atoms with Crippen LogP contribution >= 0.6 is 11.8 Å². The van der Waals surface area contributed by atoms with E-state index >= 15 is 0 Å². The number of carbonyl (C=O) groups is 1. The molecule has 1 aliphatic heterocycles.